The van der Waals surface area contributed by atoms with Gasteiger partial charge in [0.1, 0.15) is 5.75 Å². The molecule has 4 nitrogen and oxygen atoms in total. The number of benzene rings is 3. The fourth-order valence-corrected chi connectivity index (χ4v) is 5.72. The lowest BCUT2D eigenvalue weighted by Gasteiger charge is -2.35. The number of phenolic OH excluding ortho intramolecular Hbond substituents is 1. The summed E-state index contributed by atoms with van der Waals surface area (Å²) < 4.78 is 80.3. The van der Waals surface area contributed by atoms with Crippen molar-refractivity contribution in [1.82, 2.24) is 9.88 Å². The monoisotopic (exact) mass is 573 g/mol. The summed E-state index contributed by atoms with van der Waals surface area (Å²) in [5, 5.41) is 15.0. The molecule has 10 heteroatoms. The first-order chi connectivity index (χ1) is 19.3. The highest BCUT2D eigenvalue weighted by Crippen LogP contribution is 2.41. The predicted octanol–water partition coefficient (Wildman–Crippen LogP) is 8.87. The van der Waals surface area contributed by atoms with Gasteiger partial charge in [-0.05, 0) is 66.3 Å². The lowest BCUT2D eigenvalue weighted by atomic mass is 9.91. The van der Waals surface area contributed by atoms with Crippen LogP contribution in [0.5, 0.6) is 5.75 Å². The number of phenols is 1. The Hall–Kier alpha value is -3.79. The summed E-state index contributed by atoms with van der Waals surface area (Å²) in [6.45, 7) is 6.34. The van der Waals surface area contributed by atoms with Crippen LogP contribution in [0.15, 0.2) is 66.9 Å². The highest BCUT2D eigenvalue weighted by atomic mass is 19.4. The minimum absolute atomic E-state index is 0.116. The molecular weight excluding hydrogens is 544 g/mol. The molecular formula is C31H29F6N3O. The van der Waals surface area contributed by atoms with E-state index in [-0.39, 0.29) is 22.4 Å². The number of pyridine rings is 1. The molecule has 0 bridgehead atoms. The van der Waals surface area contributed by atoms with Crippen molar-refractivity contribution < 1.29 is 31.4 Å². The lowest BCUT2D eigenvalue weighted by molar-refractivity contribution is -0.138. The maximum Gasteiger partial charge on any atom is 0.416 e. The Morgan fingerprint density at radius 3 is 2.24 bits per heavy atom. The normalized spacial score (nSPS) is 18.5. The molecule has 0 radical (unpaired) electrons. The van der Waals surface area contributed by atoms with Crippen LogP contribution >= 0.6 is 0 Å². The molecule has 1 aromatic heterocycles. The van der Waals surface area contributed by atoms with E-state index in [2.05, 4.69) is 29.0 Å². The Bertz CT molecular complexity index is 1560. The highest BCUT2D eigenvalue weighted by Gasteiger charge is 2.32. The van der Waals surface area contributed by atoms with Crippen LogP contribution in [0.25, 0.3) is 22.0 Å². The van der Waals surface area contributed by atoms with E-state index < -0.39 is 23.5 Å². The molecule has 1 saturated heterocycles. The summed E-state index contributed by atoms with van der Waals surface area (Å²) in [5.41, 5.74) is 0.349. The zero-order chi connectivity index (χ0) is 29.5. The first-order valence-electron chi connectivity index (χ1n) is 13.3. The number of hydrogen-bond acceptors (Lipinski definition) is 4. The summed E-state index contributed by atoms with van der Waals surface area (Å²) in [6.07, 6.45) is -6.61. The Morgan fingerprint density at radius 1 is 0.878 bits per heavy atom. The third-order valence-corrected chi connectivity index (χ3v) is 7.38. The molecule has 0 saturated carbocycles. The maximum atomic E-state index is 13.5. The second-order valence-electron chi connectivity index (χ2n) is 11.0. The average Bonchev–Trinajstić information content (AvgIpc) is 2.89. The summed E-state index contributed by atoms with van der Waals surface area (Å²) in [6, 6.07) is 12.9. The van der Waals surface area contributed by atoms with Gasteiger partial charge in [0.15, 0.2) is 0 Å². The van der Waals surface area contributed by atoms with E-state index >= 15 is 0 Å². The molecule has 5 rings (SSSR count). The van der Waals surface area contributed by atoms with Gasteiger partial charge in [-0.1, -0.05) is 32.0 Å². The standard InChI is InChI=1S/C31H29F6N3O/c1-18-10-19(2)16-40(15-18)17-21-12-24(14-26(29(21)41)20-4-3-5-22(11-20)30(32,33)34)39-27-8-9-38-28-13-23(31(35,36)37)6-7-25(27)28/h3-9,11-14,18-19,41H,10,15-17H2,1-2H3,(H,38,39). The van der Waals surface area contributed by atoms with Gasteiger partial charge in [-0.2, -0.15) is 26.3 Å². The van der Waals surface area contributed by atoms with Crippen molar-refractivity contribution in [3.63, 3.8) is 0 Å². The molecule has 3 aromatic carbocycles. The third-order valence-electron chi connectivity index (χ3n) is 7.38. The number of alkyl halides is 6. The van der Waals surface area contributed by atoms with Crippen LogP contribution in [0, 0.1) is 11.8 Å². The van der Waals surface area contributed by atoms with Crippen molar-refractivity contribution in [2.75, 3.05) is 18.4 Å². The Labute approximate surface area is 233 Å². The molecule has 1 aliphatic heterocycles. The van der Waals surface area contributed by atoms with Gasteiger partial charge in [0, 0.05) is 53.7 Å². The number of rotatable bonds is 5. The summed E-state index contributed by atoms with van der Waals surface area (Å²) in [4.78, 5) is 6.30. The average molecular weight is 574 g/mol. The fraction of sp³-hybridized carbons (Fsp3) is 0.323. The van der Waals surface area contributed by atoms with Crippen molar-refractivity contribution in [1.29, 1.82) is 0 Å². The second kappa shape index (κ2) is 10.9. The zero-order valence-electron chi connectivity index (χ0n) is 22.4. The van der Waals surface area contributed by atoms with Gasteiger partial charge >= 0.3 is 12.4 Å². The van der Waals surface area contributed by atoms with Crippen LogP contribution in [-0.2, 0) is 18.9 Å². The minimum Gasteiger partial charge on any atom is -0.507 e. The number of nitrogens with one attached hydrogen (secondary N) is 1. The largest absolute Gasteiger partial charge is 0.507 e. The van der Waals surface area contributed by atoms with Gasteiger partial charge in [-0.3, -0.25) is 9.88 Å². The van der Waals surface area contributed by atoms with Crippen LogP contribution in [-0.4, -0.2) is 28.1 Å². The number of hydrogen-bond donors (Lipinski definition) is 2. The number of halogens is 6. The third kappa shape index (κ3) is 6.43. The van der Waals surface area contributed by atoms with Gasteiger partial charge in [0.05, 0.1) is 16.6 Å². The number of likely N-dealkylation sites (tertiary alicyclic amines) is 1. The zero-order valence-corrected chi connectivity index (χ0v) is 22.4. The van der Waals surface area contributed by atoms with Crippen molar-refractivity contribution in [3.8, 4) is 16.9 Å². The number of aromatic nitrogens is 1. The maximum absolute atomic E-state index is 13.5. The van der Waals surface area contributed by atoms with Gasteiger partial charge in [0.2, 0.25) is 0 Å². The molecule has 0 aliphatic carbocycles. The van der Waals surface area contributed by atoms with E-state index in [0.717, 1.165) is 43.8 Å². The van der Waals surface area contributed by atoms with E-state index in [1.807, 2.05) is 0 Å². The summed E-state index contributed by atoms with van der Waals surface area (Å²) in [5.74, 6) is 0.792. The molecule has 216 valence electrons. The van der Waals surface area contributed by atoms with E-state index in [1.165, 1.54) is 24.4 Å². The number of fused-ring (bicyclic) bond motifs is 1. The molecule has 1 aliphatic rings. The quantitative estimate of drug-likeness (QED) is 0.185. The second-order valence-corrected chi connectivity index (χ2v) is 11.0. The minimum atomic E-state index is -4.56. The summed E-state index contributed by atoms with van der Waals surface area (Å²) >= 11 is 0. The van der Waals surface area contributed by atoms with Crippen molar-refractivity contribution in [3.05, 3.63) is 83.6 Å². The molecule has 2 unspecified atom stereocenters. The predicted molar refractivity (Wildman–Crippen MR) is 147 cm³/mol. The highest BCUT2D eigenvalue weighted by molar-refractivity contribution is 5.93. The molecule has 0 amide bonds. The molecule has 2 atom stereocenters. The Kier molecular flexibility index (Phi) is 7.63. The smallest absolute Gasteiger partial charge is 0.416 e. The van der Waals surface area contributed by atoms with Crippen LogP contribution in [0.1, 0.15) is 37.0 Å². The van der Waals surface area contributed by atoms with Gasteiger partial charge in [-0.15, -0.1) is 0 Å². The van der Waals surface area contributed by atoms with Crippen LogP contribution in [0.4, 0.5) is 37.7 Å². The number of aromatic hydroxyl groups is 1. The number of anilines is 2. The van der Waals surface area contributed by atoms with Gasteiger partial charge in [0.25, 0.3) is 0 Å². The molecule has 0 spiro atoms. The number of nitrogens with zero attached hydrogens (tertiary/aromatic N) is 2. The van der Waals surface area contributed by atoms with Gasteiger partial charge in [-0.25, -0.2) is 0 Å². The molecule has 2 heterocycles. The Balaban J connectivity index is 1.58. The SMILES string of the molecule is CC1CC(C)CN(Cc2cc(Nc3ccnc4cc(C(F)(F)F)ccc34)cc(-c3cccc(C(F)(F)F)c3)c2O)C1. The van der Waals surface area contributed by atoms with Crippen molar-refractivity contribution in [2.24, 2.45) is 11.8 Å². The molecule has 4 aromatic rings. The topological polar surface area (TPSA) is 48.4 Å². The molecule has 41 heavy (non-hydrogen) atoms. The van der Waals surface area contributed by atoms with E-state index in [4.69, 9.17) is 0 Å². The van der Waals surface area contributed by atoms with Crippen molar-refractivity contribution >= 4 is 22.3 Å². The van der Waals surface area contributed by atoms with E-state index in [0.29, 0.717) is 40.7 Å². The lowest BCUT2D eigenvalue weighted by Crippen LogP contribution is -2.38. The fourth-order valence-electron chi connectivity index (χ4n) is 5.72. The first kappa shape index (κ1) is 28.7. The Morgan fingerprint density at radius 2 is 1.56 bits per heavy atom. The molecule has 2 N–H and O–H groups in total. The summed E-state index contributed by atoms with van der Waals surface area (Å²) in [7, 11) is 0. The van der Waals surface area contributed by atoms with Crippen LogP contribution in [0.2, 0.25) is 0 Å². The van der Waals surface area contributed by atoms with E-state index in [9.17, 15) is 31.4 Å². The molecule has 1 fully saturated rings. The van der Waals surface area contributed by atoms with Crippen molar-refractivity contribution in [2.45, 2.75) is 39.2 Å². The van der Waals surface area contributed by atoms with Crippen LogP contribution in [0.3, 0.4) is 0 Å². The first-order valence-corrected chi connectivity index (χ1v) is 13.3. The number of piperidine rings is 1. The van der Waals surface area contributed by atoms with Gasteiger partial charge < -0.3 is 10.4 Å². The van der Waals surface area contributed by atoms with E-state index in [1.54, 1.807) is 18.2 Å². The van der Waals surface area contributed by atoms with Crippen LogP contribution < -0.4 is 5.32 Å².